The number of hydrogen-bond acceptors (Lipinski definition) is 1. The van der Waals surface area contributed by atoms with Crippen LogP contribution in [-0.4, -0.2) is 37.9 Å². The Morgan fingerprint density at radius 3 is 1.83 bits per heavy atom. The zero-order chi connectivity index (χ0) is 9.40. The molecule has 0 fully saturated rings. The van der Waals surface area contributed by atoms with Crippen LogP contribution < -0.4 is 0 Å². The van der Waals surface area contributed by atoms with Crippen LogP contribution in [0.1, 0.15) is 12.8 Å². The lowest BCUT2D eigenvalue weighted by Gasteiger charge is -2.15. The molecule has 0 rings (SSSR count). The van der Waals surface area contributed by atoms with E-state index >= 15 is 0 Å². The normalized spacial score (nSPS) is 13.7. The third-order valence-corrected chi connectivity index (χ3v) is 2.64. The minimum absolute atomic E-state index is 0.509. The number of halogens is 2. The van der Waals surface area contributed by atoms with Gasteiger partial charge in [0.2, 0.25) is 11.3 Å². The van der Waals surface area contributed by atoms with Crippen LogP contribution in [0.4, 0.5) is 0 Å². The predicted molar refractivity (Wildman–Crippen MR) is 53.0 cm³/mol. The Bertz CT molecular complexity index is 129. The Hall–Kier alpha value is 0.650. The molecule has 0 aliphatic heterocycles. The van der Waals surface area contributed by atoms with Gasteiger partial charge in [-0.15, -0.1) is 23.2 Å². The van der Waals surface area contributed by atoms with E-state index in [-0.39, 0.29) is 0 Å². The van der Waals surface area contributed by atoms with Crippen molar-refractivity contribution in [2.75, 3.05) is 24.8 Å². The highest BCUT2D eigenvalue weighted by atomic mass is 35.5. The molecule has 0 bridgehead atoms. The van der Waals surface area contributed by atoms with Crippen LogP contribution >= 0.6 is 23.2 Å². The molecule has 0 radical (unpaired) electrons. The number of alkyl halides is 2. The maximum Gasteiger partial charge on any atom is 0.234 e. The fourth-order valence-electron chi connectivity index (χ4n) is 0.740. The highest BCUT2D eigenvalue weighted by molar-refractivity contribution is 7.76. The first kappa shape index (κ1) is 12.7. The van der Waals surface area contributed by atoms with Gasteiger partial charge in [-0.25, -0.2) is 8.51 Å². The molecule has 0 aromatic heterocycles. The van der Waals surface area contributed by atoms with Crippen LogP contribution in [0.5, 0.6) is 0 Å². The third-order valence-electron chi connectivity index (χ3n) is 1.30. The van der Waals surface area contributed by atoms with Crippen molar-refractivity contribution < 1.29 is 8.76 Å². The van der Waals surface area contributed by atoms with Crippen molar-refractivity contribution >= 4 is 34.5 Å². The summed E-state index contributed by atoms with van der Waals surface area (Å²) in [5.74, 6) is 1.02. The molecule has 3 nitrogen and oxygen atoms in total. The second-order valence-corrected chi connectivity index (χ2v) is 3.98. The van der Waals surface area contributed by atoms with E-state index in [4.69, 9.17) is 27.8 Å². The SMILES string of the molecule is O=S(O)N(CCCCl)CCCCl. The average molecular weight is 234 g/mol. The lowest BCUT2D eigenvalue weighted by molar-refractivity contribution is 0.397. The molecule has 0 saturated heterocycles. The van der Waals surface area contributed by atoms with Crippen LogP contribution in [0.3, 0.4) is 0 Å². The van der Waals surface area contributed by atoms with E-state index in [0.717, 1.165) is 12.8 Å². The van der Waals surface area contributed by atoms with Gasteiger partial charge in [0.15, 0.2) is 0 Å². The van der Waals surface area contributed by atoms with Gasteiger partial charge in [-0.05, 0) is 12.8 Å². The van der Waals surface area contributed by atoms with Crippen molar-refractivity contribution in [2.45, 2.75) is 12.8 Å². The first-order valence-electron chi connectivity index (χ1n) is 3.70. The summed E-state index contributed by atoms with van der Waals surface area (Å²) in [6, 6.07) is 0. The molecule has 0 spiro atoms. The quantitative estimate of drug-likeness (QED) is 0.537. The molecule has 0 amide bonds. The van der Waals surface area contributed by atoms with E-state index in [0.29, 0.717) is 24.8 Å². The van der Waals surface area contributed by atoms with Gasteiger partial charge >= 0.3 is 0 Å². The van der Waals surface area contributed by atoms with Crippen molar-refractivity contribution in [3.8, 4) is 0 Å². The molecule has 0 aliphatic carbocycles. The van der Waals surface area contributed by atoms with Gasteiger partial charge in [0, 0.05) is 24.8 Å². The number of rotatable bonds is 7. The summed E-state index contributed by atoms with van der Waals surface area (Å²) < 4.78 is 20.9. The average Bonchev–Trinajstić information content (AvgIpc) is 2.04. The van der Waals surface area contributed by atoms with Crippen LogP contribution in [0, 0.1) is 0 Å². The predicted octanol–water partition coefficient (Wildman–Crippen LogP) is 1.68. The highest BCUT2D eigenvalue weighted by Crippen LogP contribution is 1.99. The molecule has 1 N–H and O–H groups in total. The summed E-state index contributed by atoms with van der Waals surface area (Å²) in [7, 11) is 0. The van der Waals surface area contributed by atoms with Gasteiger partial charge in [0.1, 0.15) is 0 Å². The van der Waals surface area contributed by atoms with Crippen molar-refractivity contribution in [2.24, 2.45) is 0 Å². The second-order valence-electron chi connectivity index (χ2n) is 2.24. The molecule has 0 heterocycles. The van der Waals surface area contributed by atoms with E-state index in [1.54, 1.807) is 0 Å². The zero-order valence-corrected chi connectivity index (χ0v) is 9.04. The summed E-state index contributed by atoms with van der Waals surface area (Å²) in [5, 5.41) is 0. The van der Waals surface area contributed by atoms with Crippen LogP contribution in [0.25, 0.3) is 0 Å². The molecular formula is C6H13Cl2NO2S. The minimum atomic E-state index is -1.89. The molecular weight excluding hydrogens is 221 g/mol. The van der Waals surface area contributed by atoms with E-state index < -0.39 is 11.3 Å². The standard InChI is InChI=1S/C6H13Cl2NO2S/c7-3-1-5-9(12(10)11)6-2-4-8/h1-6H2,(H,10,11). The Labute approximate surface area is 85.4 Å². The van der Waals surface area contributed by atoms with Gasteiger partial charge in [-0.1, -0.05) is 0 Å². The lowest BCUT2D eigenvalue weighted by Crippen LogP contribution is -2.28. The van der Waals surface area contributed by atoms with Gasteiger partial charge in [-0.3, -0.25) is 4.55 Å². The number of nitrogens with zero attached hydrogens (tertiary/aromatic N) is 1. The molecule has 12 heavy (non-hydrogen) atoms. The summed E-state index contributed by atoms with van der Waals surface area (Å²) >= 11 is 9.01. The van der Waals surface area contributed by atoms with E-state index in [2.05, 4.69) is 0 Å². The molecule has 1 atom stereocenters. The Balaban J connectivity index is 3.62. The summed E-state index contributed by atoms with van der Waals surface area (Å²) in [6.07, 6.45) is 1.44. The zero-order valence-electron chi connectivity index (χ0n) is 6.71. The first-order valence-corrected chi connectivity index (χ1v) is 5.83. The fraction of sp³-hybridized carbons (Fsp3) is 1.00. The minimum Gasteiger partial charge on any atom is -0.294 e. The van der Waals surface area contributed by atoms with E-state index in [9.17, 15) is 4.21 Å². The van der Waals surface area contributed by atoms with Crippen molar-refractivity contribution in [1.29, 1.82) is 0 Å². The van der Waals surface area contributed by atoms with E-state index in [1.165, 1.54) is 4.31 Å². The molecule has 0 aromatic rings. The van der Waals surface area contributed by atoms with Gasteiger partial charge in [-0.2, -0.15) is 0 Å². The first-order chi connectivity index (χ1) is 5.72. The highest BCUT2D eigenvalue weighted by Gasteiger charge is 2.08. The lowest BCUT2D eigenvalue weighted by atomic mass is 10.4. The van der Waals surface area contributed by atoms with Crippen LogP contribution in [0.15, 0.2) is 0 Å². The second kappa shape index (κ2) is 8.26. The monoisotopic (exact) mass is 233 g/mol. The Morgan fingerprint density at radius 1 is 1.17 bits per heavy atom. The topological polar surface area (TPSA) is 40.5 Å². The van der Waals surface area contributed by atoms with Crippen molar-refractivity contribution in [1.82, 2.24) is 4.31 Å². The Kier molecular flexibility index (Phi) is 8.70. The molecule has 0 saturated carbocycles. The summed E-state index contributed by atoms with van der Waals surface area (Å²) in [5.41, 5.74) is 0. The third kappa shape index (κ3) is 6.20. The largest absolute Gasteiger partial charge is 0.294 e. The van der Waals surface area contributed by atoms with Crippen LogP contribution in [-0.2, 0) is 11.3 Å². The van der Waals surface area contributed by atoms with Gasteiger partial charge in [0.25, 0.3) is 0 Å². The maximum atomic E-state index is 10.7. The molecule has 0 aliphatic rings. The van der Waals surface area contributed by atoms with Crippen molar-refractivity contribution in [3.05, 3.63) is 0 Å². The summed E-state index contributed by atoms with van der Waals surface area (Å²) in [4.78, 5) is 0. The summed E-state index contributed by atoms with van der Waals surface area (Å²) in [6.45, 7) is 1.09. The molecule has 0 aromatic carbocycles. The van der Waals surface area contributed by atoms with E-state index in [1.807, 2.05) is 0 Å². The van der Waals surface area contributed by atoms with Gasteiger partial charge < -0.3 is 0 Å². The molecule has 6 heteroatoms. The maximum absolute atomic E-state index is 10.7. The molecule has 1 unspecified atom stereocenters. The van der Waals surface area contributed by atoms with Crippen LogP contribution in [0.2, 0.25) is 0 Å². The number of hydrogen-bond donors (Lipinski definition) is 1. The van der Waals surface area contributed by atoms with Gasteiger partial charge in [0.05, 0.1) is 0 Å². The molecule has 74 valence electrons. The van der Waals surface area contributed by atoms with Crippen molar-refractivity contribution in [3.63, 3.8) is 0 Å². The smallest absolute Gasteiger partial charge is 0.234 e. The Morgan fingerprint density at radius 2 is 1.58 bits per heavy atom. The fourth-order valence-corrected chi connectivity index (χ4v) is 1.55.